The number of nitrogens with one attached hydrogen (secondary N) is 2. The lowest BCUT2D eigenvalue weighted by Crippen LogP contribution is -2.48. The van der Waals surface area contributed by atoms with Gasteiger partial charge in [0.15, 0.2) is 0 Å². The number of carbonyl (C=O) groups is 2. The van der Waals surface area contributed by atoms with Crippen molar-refractivity contribution in [3.63, 3.8) is 0 Å². The molecule has 2 aliphatic rings. The standard InChI is InChI=1S/C17H23ClN4O3/c18-14-2-1-8-19-15(14)22-9-7-13(10-22)21-17(25)20-12-5-3-11(4-6-12)16(23)24/h1-2,8,11-13H,3-7,9-10H2,(H,23,24)(H2,20,21,25). The number of aromatic nitrogens is 1. The predicted molar refractivity (Wildman–Crippen MR) is 94.9 cm³/mol. The molecule has 1 saturated heterocycles. The third-order valence-corrected chi connectivity index (χ3v) is 5.27. The number of rotatable bonds is 4. The number of anilines is 1. The number of aliphatic carboxylic acids is 1. The Balaban J connectivity index is 1.44. The van der Waals surface area contributed by atoms with Crippen LogP contribution in [0.5, 0.6) is 0 Å². The Kier molecular flexibility index (Phi) is 5.63. The van der Waals surface area contributed by atoms with Crippen molar-refractivity contribution in [2.75, 3.05) is 18.0 Å². The molecule has 1 aliphatic carbocycles. The highest BCUT2D eigenvalue weighted by molar-refractivity contribution is 6.32. The van der Waals surface area contributed by atoms with Gasteiger partial charge in [0.1, 0.15) is 5.82 Å². The number of pyridine rings is 1. The normalized spacial score (nSPS) is 26.3. The van der Waals surface area contributed by atoms with E-state index in [1.807, 2.05) is 6.07 Å². The first kappa shape index (κ1) is 17.8. The first-order chi connectivity index (χ1) is 12.0. The van der Waals surface area contributed by atoms with Gasteiger partial charge in [-0.25, -0.2) is 9.78 Å². The molecule has 0 spiro atoms. The number of carboxylic acids is 1. The number of nitrogens with zero attached hydrogens (tertiary/aromatic N) is 2. The molecular weight excluding hydrogens is 344 g/mol. The summed E-state index contributed by atoms with van der Waals surface area (Å²) in [6.45, 7) is 1.47. The number of carbonyl (C=O) groups excluding carboxylic acids is 1. The number of urea groups is 1. The summed E-state index contributed by atoms with van der Waals surface area (Å²) in [6.07, 6.45) is 5.22. The molecule has 0 radical (unpaired) electrons. The van der Waals surface area contributed by atoms with E-state index in [1.165, 1.54) is 0 Å². The molecule has 3 rings (SSSR count). The van der Waals surface area contributed by atoms with Crippen molar-refractivity contribution in [3.05, 3.63) is 23.4 Å². The number of amides is 2. The van der Waals surface area contributed by atoms with Crippen molar-refractivity contribution in [3.8, 4) is 0 Å². The zero-order chi connectivity index (χ0) is 17.8. The maximum Gasteiger partial charge on any atom is 0.315 e. The highest BCUT2D eigenvalue weighted by atomic mass is 35.5. The zero-order valence-corrected chi connectivity index (χ0v) is 14.7. The van der Waals surface area contributed by atoms with Gasteiger partial charge in [0, 0.05) is 31.4 Å². The summed E-state index contributed by atoms with van der Waals surface area (Å²) in [6, 6.07) is 3.53. The molecule has 1 unspecified atom stereocenters. The molecule has 1 atom stereocenters. The monoisotopic (exact) mass is 366 g/mol. The molecule has 2 heterocycles. The summed E-state index contributed by atoms with van der Waals surface area (Å²) >= 11 is 6.17. The average molecular weight is 367 g/mol. The SMILES string of the molecule is O=C(NC1CCC(C(=O)O)CC1)NC1CCN(c2ncccc2Cl)C1. The Morgan fingerprint density at radius 2 is 1.88 bits per heavy atom. The highest BCUT2D eigenvalue weighted by Crippen LogP contribution is 2.26. The van der Waals surface area contributed by atoms with Gasteiger partial charge in [0.2, 0.25) is 0 Å². The first-order valence-electron chi connectivity index (χ1n) is 8.68. The van der Waals surface area contributed by atoms with E-state index in [9.17, 15) is 9.59 Å². The van der Waals surface area contributed by atoms with Crippen LogP contribution in [0.15, 0.2) is 18.3 Å². The minimum atomic E-state index is -0.734. The van der Waals surface area contributed by atoms with Crippen molar-refractivity contribution < 1.29 is 14.7 Å². The van der Waals surface area contributed by atoms with Crippen LogP contribution in [-0.4, -0.2) is 47.3 Å². The van der Waals surface area contributed by atoms with Gasteiger partial charge in [-0.1, -0.05) is 11.6 Å². The van der Waals surface area contributed by atoms with E-state index in [2.05, 4.69) is 20.5 Å². The summed E-state index contributed by atoms with van der Waals surface area (Å²) in [7, 11) is 0. The quantitative estimate of drug-likeness (QED) is 0.759. The molecule has 0 bridgehead atoms. The van der Waals surface area contributed by atoms with E-state index in [1.54, 1.807) is 12.3 Å². The highest BCUT2D eigenvalue weighted by Gasteiger charge is 2.29. The van der Waals surface area contributed by atoms with Crippen molar-refractivity contribution in [2.45, 2.75) is 44.2 Å². The zero-order valence-electron chi connectivity index (χ0n) is 13.9. The third-order valence-electron chi connectivity index (χ3n) is 4.97. The van der Waals surface area contributed by atoms with Gasteiger partial charge in [0.05, 0.1) is 10.9 Å². The van der Waals surface area contributed by atoms with Gasteiger partial charge < -0.3 is 20.6 Å². The summed E-state index contributed by atoms with van der Waals surface area (Å²) in [5, 5.41) is 15.6. The second-order valence-corrected chi connectivity index (χ2v) is 7.15. The predicted octanol–water partition coefficient (Wildman–Crippen LogP) is 2.26. The Hall–Kier alpha value is -2.02. The third kappa shape index (κ3) is 4.54. The fraction of sp³-hybridized carbons (Fsp3) is 0.588. The maximum absolute atomic E-state index is 12.2. The molecule has 2 fully saturated rings. The molecule has 0 aromatic carbocycles. The summed E-state index contributed by atoms with van der Waals surface area (Å²) in [4.78, 5) is 29.5. The molecular formula is C17H23ClN4O3. The minimum Gasteiger partial charge on any atom is -0.481 e. The van der Waals surface area contributed by atoms with Crippen LogP contribution in [0, 0.1) is 5.92 Å². The van der Waals surface area contributed by atoms with E-state index in [0.717, 1.165) is 18.8 Å². The van der Waals surface area contributed by atoms with Crippen LogP contribution in [0.25, 0.3) is 0 Å². The largest absolute Gasteiger partial charge is 0.481 e. The number of halogens is 1. The van der Waals surface area contributed by atoms with Crippen LogP contribution in [0.2, 0.25) is 5.02 Å². The molecule has 3 N–H and O–H groups in total. The number of hydrogen-bond acceptors (Lipinski definition) is 4. The topological polar surface area (TPSA) is 94.6 Å². The molecule has 7 nitrogen and oxygen atoms in total. The summed E-state index contributed by atoms with van der Waals surface area (Å²) in [5.74, 6) is -0.254. The van der Waals surface area contributed by atoms with E-state index in [-0.39, 0.29) is 24.0 Å². The average Bonchev–Trinajstić information content (AvgIpc) is 3.03. The van der Waals surface area contributed by atoms with Gasteiger partial charge in [-0.2, -0.15) is 0 Å². The number of carboxylic acid groups (broad SMARTS) is 1. The fourth-order valence-electron chi connectivity index (χ4n) is 3.58. The van der Waals surface area contributed by atoms with Crippen LogP contribution < -0.4 is 15.5 Å². The lowest BCUT2D eigenvalue weighted by Gasteiger charge is -2.27. The lowest BCUT2D eigenvalue weighted by atomic mass is 9.86. The van der Waals surface area contributed by atoms with E-state index in [4.69, 9.17) is 16.7 Å². The molecule has 8 heteroatoms. The molecule has 1 aliphatic heterocycles. The van der Waals surface area contributed by atoms with Crippen LogP contribution in [0.4, 0.5) is 10.6 Å². The smallest absolute Gasteiger partial charge is 0.315 e. The molecule has 136 valence electrons. The molecule has 1 aromatic heterocycles. The summed E-state index contributed by atoms with van der Waals surface area (Å²) in [5.41, 5.74) is 0. The lowest BCUT2D eigenvalue weighted by molar-refractivity contribution is -0.142. The van der Waals surface area contributed by atoms with Gasteiger partial charge in [-0.05, 0) is 44.2 Å². The van der Waals surface area contributed by atoms with E-state index >= 15 is 0 Å². The van der Waals surface area contributed by atoms with Crippen LogP contribution in [0.3, 0.4) is 0 Å². The van der Waals surface area contributed by atoms with Gasteiger partial charge in [-0.15, -0.1) is 0 Å². The molecule has 1 aromatic rings. The van der Waals surface area contributed by atoms with E-state index < -0.39 is 5.97 Å². The number of hydrogen-bond donors (Lipinski definition) is 3. The van der Waals surface area contributed by atoms with Crippen molar-refractivity contribution in [1.29, 1.82) is 0 Å². The van der Waals surface area contributed by atoms with Crippen LogP contribution >= 0.6 is 11.6 Å². The van der Waals surface area contributed by atoms with Crippen molar-refractivity contribution in [2.24, 2.45) is 5.92 Å². The van der Waals surface area contributed by atoms with Crippen LogP contribution in [-0.2, 0) is 4.79 Å². The van der Waals surface area contributed by atoms with Crippen molar-refractivity contribution >= 4 is 29.4 Å². The second kappa shape index (κ2) is 7.91. The first-order valence-corrected chi connectivity index (χ1v) is 9.06. The van der Waals surface area contributed by atoms with Crippen LogP contribution in [0.1, 0.15) is 32.1 Å². The second-order valence-electron chi connectivity index (χ2n) is 6.75. The van der Waals surface area contributed by atoms with E-state index in [0.29, 0.717) is 37.3 Å². The minimum absolute atomic E-state index is 0.0495. The van der Waals surface area contributed by atoms with Gasteiger partial charge in [-0.3, -0.25) is 4.79 Å². The Morgan fingerprint density at radius 1 is 1.16 bits per heavy atom. The Morgan fingerprint density at radius 3 is 2.56 bits per heavy atom. The molecule has 2 amide bonds. The maximum atomic E-state index is 12.2. The summed E-state index contributed by atoms with van der Waals surface area (Å²) < 4.78 is 0. The Labute approximate surface area is 151 Å². The fourth-order valence-corrected chi connectivity index (χ4v) is 3.82. The van der Waals surface area contributed by atoms with Crippen molar-refractivity contribution in [1.82, 2.24) is 15.6 Å². The Bertz CT molecular complexity index is 634. The molecule has 1 saturated carbocycles. The van der Waals surface area contributed by atoms with Gasteiger partial charge in [0.25, 0.3) is 0 Å². The molecule has 25 heavy (non-hydrogen) atoms. The van der Waals surface area contributed by atoms with Gasteiger partial charge >= 0.3 is 12.0 Å².